The van der Waals surface area contributed by atoms with Crippen LogP contribution in [0.5, 0.6) is 0 Å². The maximum absolute atomic E-state index is 11.9. The molecule has 2 heterocycles. The van der Waals surface area contributed by atoms with E-state index in [-0.39, 0.29) is 16.3 Å². The highest BCUT2D eigenvalue weighted by Crippen LogP contribution is 2.31. The lowest BCUT2D eigenvalue weighted by Gasteiger charge is -2.17. The number of aryl methyl sites for hydroxylation is 1. The minimum atomic E-state index is 0.0193. The van der Waals surface area contributed by atoms with Crippen LogP contribution in [-0.2, 0) is 9.59 Å². The molecule has 1 saturated heterocycles. The van der Waals surface area contributed by atoms with Gasteiger partial charge >= 0.3 is 0 Å². The van der Waals surface area contributed by atoms with Gasteiger partial charge in [0.15, 0.2) is 5.12 Å². The monoisotopic (exact) mass is 328 g/mol. The molecule has 1 amide bonds. The number of nitrogens with zero attached hydrogens (tertiary/aromatic N) is 2. The molecule has 4 nitrogen and oxygen atoms in total. The van der Waals surface area contributed by atoms with Gasteiger partial charge in [-0.05, 0) is 34.5 Å². The van der Waals surface area contributed by atoms with E-state index in [1.165, 1.54) is 18.7 Å². The molecule has 0 saturated carbocycles. The van der Waals surface area contributed by atoms with Crippen molar-refractivity contribution >= 4 is 44.5 Å². The Balaban J connectivity index is 2.19. The number of anilines is 1. The first kappa shape index (κ1) is 13.5. The van der Waals surface area contributed by atoms with Crippen LogP contribution in [0.15, 0.2) is 16.7 Å². The van der Waals surface area contributed by atoms with E-state index in [0.717, 1.165) is 10.0 Å². The molecule has 1 atom stereocenters. The number of halogens is 1. The molecule has 0 bridgehead atoms. The summed E-state index contributed by atoms with van der Waals surface area (Å²) in [5.41, 5.74) is 1.03. The standard InChI is InChI=1S/C12H13BrN2O2S/c1-7-3-10(13)12(14-5-7)15-6-9(4-11(15)17)18-8(2)16/h3,5,9H,4,6H2,1-2H3. The van der Waals surface area contributed by atoms with E-state index < -0.39 is 0 Å². The molecular formula is C12H13BrN2O2S. The number of carbonyl (C=O) groups excluding carboxylic acids is 2. The maximum Gasteiger partial charge on any atom is 0.229 e. The van der Waals surface area contributed by atoms with E-state index in [1.54, 1.807) is 11.1 Å². The van der Waals surface area contributed by atoms with E-state index in [2.05, 4.69) is 20.9 Å². The van der Waals surface area contributed by atoms with Gasteiger partial charge in [-0.25, -0.2) is 4.98 Å². The third-order valence-corrected chi connectivity index (χ3v) is 4.20. The van der Waals surface area contributed by atoms with Gasteiger partial charge in [0.2, 0.25) is 5.91 Å². The summed E-state index contributed by atoms with van der Waals surface area (Å²) >= 11 is 4.65. The fraction of sp³-hybridized carbons (Fsp3) is 0.417. The molecule has 1 aromatic rings. The molecule has 0 radical (unpaired) electrons. The molecule has 2 rings (SSSR count). The Kier molecular flexibility index (Phi) is 4.07. The topological polar surface area (TPSA) is 50.3 Å². The van der Waals surface area contributed by atoms with Crippen LogP contribution in [0.3, 0.4) is 0 Å². The Morgan fingerprint density at radius 2 is 2.33 bits per heavy atom. The van der Waals surface area contributed by atoms with Crippen molar-refractivity contribution in [3.05, 3.63) is 22.3 Å². The molecule has 96 valence electrons. The van der Waals surface area contributed by atoms with Crippen LogP contribution in [-0.4, -0.2) is 27.8 Å². The highest BCUT2D eigenvalue weighted by atomic mass is 79.9. The first-order chi connectivity index (χ1) is 8.47. The summed E-state index contributed by atoms with van der Waals surface area (Å²) in [5.74, 6) is 0.656. The largest absolute Gasteiger partial charge is 0.295 e. The summed E-state index contributed by atoms with van der Waals surface area (Å²) in [4.78, 5) is 28.9. The zero-order chi connectivity index (χ0) is 13.3. The third kappa shape index (κ3) is 2.92. The van der Waals surface area contributed by atoms with Crippen LogP contribution in [0, 0.1) is 6.92 Å². The zero-order valence-electron chi connectivity index (χ0n) is 10.1. The molecule has 6 heteroatoms. The summed E-state index contributed by atoms with van der Waals surface area (Å²) in [6.45, 7) is 4.01. The van der Waals surface area contributed by atoms with E-state index in [0.29, 0.717) is 18.8 Å². The summed E-state index contributed by atoms with van der Waals surface area (Å²) in [6, 6.07) is 1.93. The SMILES string of the molecule is CC(=O)SC1CC(=O)N(c2ncc(C)cc2Br)C1. The number of pyridine rings is 1. The fourth-order valence-electron chi connectivity index (χ4n) is 1.92. The van der Waals surface area contributed by atoms with Gasteiger partial charge in [-0.2, -0.15) is 0 Å². The van der Waals surface area contributed by atoms with Crippen LogP contribution in [0.1, 0.15) is 18.9 Å². The molecule has 1 aromatic heterocycles. The first-order valence-corrected chi connectivity index (χ1v) is 7.24. The Hall–Kier alpha value is -0.880. The minimum Gasteiger partial charge on any atom is -0.295 e. The number of hydrogen-bond acceptors (Lipinski definition) is 4. The Labute approximate surface area is 118 Å². The van der Waals surface area contributed by atoms with Gasteiger partial charge in [0, 0.05) is 31.3 Å². The lowest BCUT2D eigenvalue weighted by atomic mass is 10.3. The molecule has 0 spiro atoms. The molecule has 0 aliphatic carbocycles. The predicted molar refractivity (Wildman–Crippen MR) is 75.7 cm³/mol. The van der Waals surface area contributed by atoms with Crippen molar-refractivity contribution in [2.75, 3.05) is 11.4 Å². The molecule has 0 aromatic carbocycles. The second-order valence-corrected chi connectivity index (χ2v) is 6.59. The molecular weight excluding hydrogens is 316 g/mol. The van der Waals surface area contributed by atoms with Crippen LogP contribution in [0.2, 0.25) is 0 Å². The van der Waals surface area contributed by atoms with Gasteiger partial charge in [0.25, 0.3) is 0 Å². The van der Waals surface area contributed by atoms with E-state index >= 15 is 0 Å². The number of rotatable bonds is 2. The Morgan fingerprint density at radius 3 is 2.94 bits per heavy atom. The molecule has 18 heavy (non-hydrogen) atoms. The summed E-state index contributed by atoms with van der Waals surface area (Å²) < 4.78 is 0.810. The Bertz CT molecular complexity index is 507. The second kappa shape index (κ2) is 5.40. The van der Waals surface area contributed by atoms with Crippen LogP contribution in [0.25, 0.3) is 0 Å². The van der Waals surface area contributed by atoms with E-state index in [4.69, 9.17) is 0 Å². The fourth-order valence-corrected chi connectivity index (χ4v) is 3.51. The predicted octanol–water partition coefficient (Wildman–Crippen LogP) is 2.54. The second-order valence-electron chi connectivity index (χ2n) is 4.26. The van der Waals surface area contributed by atoms with E-state index in [1.807, 2.05) is 13.0 Å². The van der Waals surface area contributed by atoms with Gasteiger partial charge in [0.1, 0.15) is 5.82 Å². The number of aromatic nitrogens is 1. The zero-order valence-corrected chi connectivity index (χ0v) is 12.5. The number of thioether (sulfide) groups is 1. The lowest BCUT2D eigenvalue weighted by molar-refractivity contribution is -0.117. The van der Waals surface area contributed by atoms with E-state index in [9.17, 15) is 9.59 Å². The molecule has 1 aliphatic heterocycles. The van der Waals surface area contributed by atoms with Gasteiger partial charge in [-0.15, -0.1) is 0 Å². The smallest absolute Gasteiger partial charge is 0.229 e. The molecule has 1 aliphatic rings. The average molecular weight is 329 g/mol. The Morgan fingerprint density at radius 1 is 1.61 bits per heavy atom. The molecule has 1 fully saturated rings. The highest BCUT2D eigenvalue weighted by Gasteiger charge is 2.33. The van der Waals surface area contributed by atoms with Crippen molar-refractivity contribution in [2.45, 2.75) is 25.5 Å². The van der Waals surface area contributed by atoms with Crippen LogP contribution < -0.4 is 4.90 Å². The van der Waals surface area contributed by atoms with Crippen molar-refractivity contribution in [1.29, 1.82) is 0 Å². The van der Waals surface area contributed by atoms with Crippen LogP contribution >= 0.6 is 27.7 Å². The summed E-state index contributed by atoms with van der Waals surface area (Å²) in [6.07, 6.45) is 2.13. The highest BCUT2D eigenvalue weighted by molar-refractivity contribution is 9.10. The number of hydrogen-bond donors (Lipinski definition) is 0. The van der Waals surface area contributed by atoms with Gasteiger partial charge < -0.3 is 0 Å². The van der Waals surface area contributed by atoms with Gasteiger partial charge in [0.05, 0.1) is 4.47 Å². The van der Waals surface area contributed by atoms with Crippen molar-refractivity contribution < 1.29 is 9.59 Å². The maximum atomic E-state index is 11.9. The van der Waals surface area contributed by atoms with Crippen molar-refractivity contribution in [3.8, 4) is 0 Å². The first-order valence-electron chi connectivity index (χ1n) is 5.57. The quantitative estimate of drug-likeness (QED) is 0.837. The van der Waals surface area contributed by atoms with Crippen LogP contribution in [0.4, 0.5) is 5.82 Å². The normalized spacial score (nSPS) is 19.4. The van der Waals surface area contributed by atoms with Gasteiger partial charge in [-0.3, -0.25) is 14.5 Å². The molecule has 1 unspecified atom stereocenters. The molecule has 0 N–H and O–H groups in total. The average Bonchev–Trinajstić information content (AvgIpc) is 2.58. The third-order valence-electron chi connectivity index (χ3n) is 2.64. The van der Waals surface area contributed by atoms with Crippen molar-refractivity contribution in [1.82, 2.24) is 4.98 Å². The summed E-state index contributed by atoms with van der Waals surface area (Å²) in [5, 5.41) is 0.0792. The number of amides is 1. The lowest BCUT2D eigenvalue weighted by Crippen LogP contribution is -2.26. The number of carbonyl (C=O) groups is 2. The van der Waals surface area contributed by atoms with Crippen molar-refractivity contribution in [2.24, 2.45) is 0 Å². The minimum absolute atomic E-state index is 0.0193. The van der Waals surface area contributed by atoms with Gasteiger partial charge in [-0.1, -0.05) is 11.8 Å². The summed E-state index contributed by atoms with van der Waals surface area (Å²) in [7, 11) is 0. The van der Waals surface area contributed by atoms with Crippen molar-refractivity contribution in [3.63, 3.8) is 0 Å².